The maximum atomic E-state index is 12.5. The number of rotatable bonds is 7. The number of carbonyl (C=O) groups excluding carboxylic acids is 1. The van der Waals surface area contributed by atoms with Gasteiger partial charge in [-0.3, -0.25) is 4.79 Å². The molecule has 1 atom stereocenters. The summed E-state index contributed by atoms with van der Waals surface area (Å²) in [4.78, 5) is 12.5. The SMILES string of the molecule is CCCC(C(=O)OCC)/C(=C/c1ccccc1)C1CCCCC1. The second-order valence-electron chi connectivity index (χ2n) is 6.48. The zero-order valence-electron chi connectivity index (χ0n) is 14.6. The first-order valence-electron chi connectivity index (χ1n) is 9.19. The van der Waals surface area contributed by atoms with Crippen LogP contribution in [-0.4, -0.2) is 12.6 Å². The van der Waals surface area contributed by atoms with Crippen molar-refractivity contribution in [3.63, 3.8) is 0 Å². The summed E-state index contributed by atoms with van der Waals surface area (Å²) in [5, 5.41) is 0. The van der Waals surface area contributed by atoms with E-state index in [1.807, 2.05) is 13.0 Å². The molecule has 2 heteroatoms. The Morgan fingerprint density at radius 2 is 1.87 bits per heavy atom. The zero-order chi connectivity index (χ0) is 16.5. The van der Waals surface area contributed by atoms with Crippen molar-refractivity contribution < 1.29 is 9.53 Å². The van der Waals surface area contributed by atoms with Crippen LogP contribution in [0.25, 0.3) is 6.08 Å². The topological polar surface area (TPSA) is 26.3 Å². The maximum absolute atomic E-state index is 12.5. The van der Waals surface area contributed by atoms with Gasteiger partial charge < -0.3 is 4.74 Å². The van der Waals surface area contributed by atoms with E-state index in [-0.39, 0.29) is 11.9 Å². The smallest absolute Gasteiger partial charge is 0.313 e. The Morgan fingerprint density at radius 3 is 2.48 bits per heavy atom. The van der Waals surface area contributed by atoms with E-state index in [2.05, 4.69) is 37.3 Å². The third-order valence-electron chi connectivity index (χ3n) is 4.76. The highest BCUT2D eigenvalue weighted by Crippen LogP contribution is 2.37. The molecule has 1 saturated carbocycles. The molecular formula is C21H30O2. The molecule has 0 N–H and O–H groups in total. The highest BCUT2D eigenvalue weighted by molar-refractivity contribution is 5.78. The Labute approximate surface area is 140 Å². The Bertz CT molecular complexity index is 498. The molecule has 0 heterocycles. The minimum Gasteiger partial charge on any atom is -0.466 e. The summed E-state index contributed by atoms with van der Waals surface area (Å²) in [6.07, 6.45) is 10.4. The van der Waals surface area contributed by atoms with E-state index < -0.39 is 0 Å². The van der Waals surface area contributed by atoms with Crippen LogP contribution >= 0.6 is 0 Å². The zero-order valence-corrected chi connectivity index (χ0v) is 14.6. The molecule has 2 rings (SSSR count). The molecule has 1 aliphatic rings. The molecule has 0 saturated heterocycles. The van der Waals surface area contributed by atoms with Crippen LogP contribution in [0.4, 0.5) is 0 Å². The second kappa shape index (κ2) is 9.54. The summed E-state index contributed by atoms with van der Waals surface area (Å²) in [7, 11) is 0. The molecule has 2 nitrogen and oxygen atoms in total. The van der Waals surface area contributed by atoms with Crippen molar-refractivity contribution in [2.24, 2.45) is 11.8 Å². The molecule has 23 heavy (non-hydrogen) atoms. The molecule has 1 aromatic carbocycles. The molecule has 0 aliphatic heterocycles. The van der Waals surface area contributed by atoms with E-state index in [4.69, 9.17) is 4.74 Å². The lowest BCUT2D eigenvalue weighted by Crippen LogP contribution is -2.25. The maximum Gasteiger partial charge on any atom is 0.313 e. The van der Waals surface area contributed by atoms with Gasteiger partial charge in [-0.1, -0.05) is 74.6 Å². The average Bonchev–Trinajstić information content (AvgIpc) is 2.60. The molecule has 0 bridgehead atoms. The number of benzene rings is 1. The summed E-state index contributed by atoms with van der Waals surface area (Å²) in [6.45, 7) is 4.50. The third-order valence-corrected chi connectivity index (χ3v) is 4.76. The first kappa shape index (κ1) is 17.8. The van der Waals surface area contributed by atoms with Gasteiger partial charge in [0.25, 0.3) is 0 Å². The van der Waals surface area contributed by atoms with E-state index in [0.717, 1.165) is 12.8 Å². The fourth-order valence-electron chi connectivity index (χ4n) is 3.63. The van der Waals surface area contributed by atoms with E-state index in [1.54, 1.807) is 0 Å². The summed E-state index contributed by atoms with van der Waals surface area (Å²) >= 11 is 0. The molecule has 126 valence electrons. The molecule has 1 aliphatic carbocycles. The van der Waals surface area contributed by atoms with Crippen LogP contribution in [0.2, 0.25) is 0 Å². The van der Waals surface area contributed by atoms with Gasteiger partial charge in [-0.05, 0) is 37.7 Å². The summed E-state index contributed by atoms with van der Waals surface area (Å²) in [6, 6.07) is 10.4. The highest BCUT2D eigenvalue weighted by atomic mass is 16.5. The van der Waals surface area contributed by atoms with E-state index in [1.165, 1.54) is 43.2 Å². The summed E-state index contributed by atoms with van der Waals surface area (Å²) in [5.41, 5.74) is 2.50. The first-order valence-corrected chi connectivity index (χ1v) is 9.19. The Hall–Kier alpha value is -1.57. The molecule has 1 aromatic rings. The first-order chi connectivity index (χ1) is 11.3. The van der Waals surface area contributed by atoms with Crippen molar-refractivity contribution in [1.29, 1.82) is 0 Å². The molecule has 0 radical (unpaired) electrons. The van der Waals surface area contributed by atoms with Gasteiger partial charge in [0.2, 0.25) is 0 Å². The Balaban J connectivity index is 2.33. The number of ether oxygens (including phenoxy) is 1. The van der Waals surface area contributed by atoms with Crippen LogP contribution in [0, 0.1) is 11.8 Å². The lowest BCUT2D eigenvalue weighted by atomic mass is 9.76. The Kier molecular flexibility index (Phi) is 7.38. The second-order valence-corrected chi connectivity index (χ2v) is 6.48. The van der Waals surface area contributed by atoms with Crippen LogP contribution < -0.4 is 0 Å². The largest absolute Gasteiger partial charge is 0.466 e. The van der Waals surface area contributed by atoms with Crippen molar-refractivity contribution >= 4 is 12.0 Å². The van der Waals surface area contributed by atoms with Crippen LogP contribution in [0.1, 0.15) is 64.4 Å². The molecule has 0 aromatic heterocycles. The van der Waals surface area contributed by atoms with Gasteiger partial charge in [-0.2, -0.15) is 0 Å². The molecule has 1 fully saturated rings. The van der Waals surface area contributed by atoms with Gasteiger partial charge in [0, 0.05) is 0 Å². The minimum absolute atomic E-state index is 0.0397. The van der Waals surface area contributed by atoms with E-state index in [0.29, 0.717) is 12.5 Å². The molecular weight excluding hydrogens is 284 g/mol. The minimum atomic E-state index is -0.0803. The van der Waals surface area contributed by atoms with Crippen molar-refractivity contribution in [3.05, 3.63) is 41.5 Å². The summed E-state index contributed by atoms with van der Waals surface area (Å²) < 4.78 is 5.39. The monoisotopic (exact) mass is 314 g/mol. The van der Waals surface area contributed by atoms with Crippen molar-refractivity contribution in [3.8, 4) is 0 Å². The van der Waals surface area contributed by atoms with Gasteiger partial charge in [-0.15, -0.1) is 0 Å². The third kappa shape index (κ3) is 5.23. The van der Waals surface area contributed by atoms with Crippen LogP contribution in [0.15, 0.2) is 35.9 Å². The van der Waals surface area contributed by atoms with Gasteiger partial charge in [-0.25, -0.2) is 0 Å². The summed E-state index contributed by atoms with van der Waals surface area (Å²) in [5.74, 6) is 0.412. The normalized spacial score (nSPS) is 17.7. The number of carbonyl (C=O) groups is 1. The van der Waals surface area contributed by atoms with Crippen molar-refractivity contribution in [2.45, 2.75) is 58.8 Å². The number of hydrogen-bond acceptors (Lipinski definition) is 2. The number of esters is 1. The van der Waals surface area contributed by atoms with Crippen LogP contribution in [0.5, 0.6) is 0 Å². The highest BCUT2D eigenvalue weighted by Gasteiger charge is 2.29. The van der Waals surface area contributed by atoms with Gasteiger partial charge in [0.1, 0.15) is 0 Å². The van der Waals surface area contributed by atoms with E-state index >= 15 is 0 Å². The Morgan fingerprint density at radius 1 is 1.17 bits per heavy atom. The molecule has 1 unspecified atom stereocenters. The standard InChI is InChI=1S/C21H30O2/c1-3-11-19(21(22)23-4-2)20(18-14-9-6-10-15-18)16-17-12-7-5-8-13-17/h5,7-8,12-13,16,18-19H,3-4,6,9-11,14-15H2,1-2H3/b20-16+. The van der Waals surface area contributed by atoms with Gasteiger partial charge >= 0.3 is 5.97 Å². The average molecular weight is 314 g/mol. The van der Waals surface area contributed by atoms with Crippen LogP contribution in [0.3, 0.4) is 0 Å². The lowest BCUT2D eigenvalue weighted by Gasteiger charge is -2.29. The number of hydrogen-bond donors (Lipinski definition) is 0. The van der Waals surface area contributed by atoms with Crippen molar-refractivity contribution in [1.82, 2.24) is 0 Å². The lowest BCUT2D eigenvalue weighted by molar-refractivity contribution is -0.147. The molecule has 0 spiro atoms. The van der Waals surface area contributed by atoms with Gasteiger partial charge in [0.05, 0.1) is 12.5 Å². The fraction of sp³-hybridized carbons (Fsp3) is 0.571. The predicted molar refractivity (Wildman–Crippen MR) is 96.0 cm³/mol. The van der Waals surface area contributed by atoms with E-state index in [9.17, 15) is 4.79 Å². The fourth-order valence-corrected chi connectivity index (χ4v) is 3.63. The molecule has 0 amide bonds. The predicted octanol–water partition coefficient (Wildman–Crippen LogP) is 5.63. The van der Waals surface area contributed by atoms with Gasteiger partial charge in [0.15, 0.2) is 0 Å². The van der Waals surface area contributed by atoms with Crippen LogP contribution in [-0.2, 0) is 9.53 Å². The van der Waals surface area contributed by atoms with Crippen molar-refractivity contribution in [2.75, 3.05) is 6.61 Å². The quantitative estimate of drug-likeness (QED) is 0.610.